The molecule has 1 aliphatic heterocycles. The molecule has 5 heterocycles. The van der Waals surface area contributed by atoms with Crippen LogP contribution in [0.1, 0.15) is 35.3 Å². The predicted octanol–water partition coefficient (Wildman–Crippen LogP) is 3.02. The lowest BCUT2D eigenvalue weighted by Crippen LogP contribution is -2.33. The molecule has 0 aromatic carbocycles. The molecule has 1 amide bonds. The van der Waals surface area contributed by atoms with Crippen molar-refractivity contribution >= 4 is 67.7 Å². The number of carboxylic acids is 1. The lowest BCUT2D eigenvalue weighted by Gasteiger charge is -2.28. The van der Waals surface area contributed by atoms with Gasteiger partial charge in [0.1, 0.15) is 16.9 Å². The minimum Gasteiger partial charge on any atom is -0.475 e. The topological polar surface area (TPSA) is 177 Å². The summed E-state index contributed by atoms with van der Waals surface area (Å²) in [5.41, 5.74) is 7.67. The number of hydrogen-bond acceptors (Lipinski definition) is 9. The second kappa shape index (κ2) is 11.8. The number of nitrogens with two attached hydrogens (primary N) is 1. The zero-order chi connectivity index (χ0) is 31.0. The molecule has 4 aromatic heterocycles. The van der Waals surface area contributed by atoms with Gasteiger partial charge in [0.2, 0.25) is 0 Å². The van der Waals surface area contributed by atoms with Crippen LogP contribution in [0.4, 0.5) is 24.8 Å². The summed E-state index contributed by atoms with van der Waals surface area (Å²) in [5, 5.41) is 19.3. The number of sulfone groups is 1. The third kappa shape index (κ3) is 6.47. The molecule has 4 aromatic rings. The molecule has 42 heavy (non-hydrogen) atoms. The number of alkyl halides is 3. The summed E-state index contributed by atoms with van der Waals surface area (Å²) in [4.78, 5) is 28.3. The van der Waals surface area contributed by atoms with Gasteiger partial charge in [-0.2, -0.15) is 18.3 Å². The van der Waals surface area contributed by atoms with Crippen molar-refractivity contribution in [1.29, 1.82) is 0 Å². The molecule has 0 radical (unpaired) electrons. The molecule has 0 spiro atoms. The van der Waals surface area contributed by atoms with Crippen LogP contribution in [0.5, 0.6) is 0 Å². The van der Waals surface area contributed by atoms with Crippen LogP contribution >= 0.6 is 23.2 Å². The summed E-state index contributed by atoms with van der Waals surface area (Å²) in [7, 11) is -3.15. The Morgan fingerprint density at radius 3 is 2.55 bits per heavy atom. The highest BCUT2D eigenvalue weighted by molar-refractivity contribution is 7.91. The molecular formula is C23H23Cl2F3N8O5S. The van der Waals surface area contributed by atoms with E-state index in [2.05, 4.69) is 20.5 Å². The van der Waals surface area contributed by atoms with Gasteiger partial charge in [-0.3, -0.25) is 4.79 Å². The lowest BCUT2D eigenvalue weighted by molar-refractivity contribution is -0.192. The zero-order valence-electron chi connectivity index (χ0n) is 21.6. The third-order valence-electron chi connectivity index (χ3n) is 6.25. The smallest absolute Gasteiger partial charge is 0.475 e. The number of aromatic nitrogens is 5. The fourth-order valence-electron chi connectivity index (χ4n) is 4.35. The molecule has 1 atom stereocenters. The fraction of sp³-hybridized carbons (Fsp3) is 0.348. The van der Waals surface area contributed by atoms with Gasteiger partial charge in [-0.15, -0.1) is 5.10 Å². The molecule has 1 fully saturated rings. The first-order valence-electron chi connectivity index (χ1n) is 12.1. The van der Waals surface area contributed by atoms with Crippen molar-refractivity contribution in [3.63, 3.8) is 0 Å². The maximum atomic E-state index is 13.3. The van der Waals surface area contributed by atoms with E-state index in [1.807, 2.05) is 4.90 Å². The van der Waals surface area contributed by atoms with Gasteiger partial charge in [-0.25, -0.2) is 27.2 Å². The van der Waals surface area contributed by atoms with E-state index in [0.717, 1.165) is 0 Å². The van der Waals surface area contributed by atoms with Crippen molar-refractivity contribution < 1.29 is 36.3 Å². The third-order valence-corrected chi connectivity index (χ3v) is 8.53. The summed E-state index contributed by atoms with van der Waals surface area (Å²) >= 11 is 12.9. The van der Waals surface area contributed by atoms with Crippen molar-refractivity contribution in [1.82, 2.24) is 29.5 Å². The Labute approximate surface area is 245 Å². The highest BCUT2D eigenvalue weighted by Gasteiger charge is 2.38. The monoisotopic (exact) mass is 650 g/mol. The number of nitrogen functional groups attached to an aromatic ring is 1. The predicted molar refractivity (Wildman–Crippen MR) is 148 cm³/mol. The van der Waals surface area contributed by atoms with Gasteiger partial charge in [0, 0.05) is 31.0 Å². The second-order valence-electron chi connectivity index (χ2n) is 9.16. The van der Waals surface area contributed by atoms with Gasteiger partial charge < -0.3 is 21.1 Å². The number of halogens is 5. The Morgan fingerprint density at radius 2 is 1.88 bits per heavy atom. The van der Waals surface area contributed by atoms with E-state index in [9.17, 15) is 26.4 Å². The minimum atomic E-state index is -5.08. The molecule has 1 aliphatic rings. The van der Waals surface area contributed by atoms with Crippen LogP contribution in [0.2, 0.25) is 10.0 Å². The molecule has 0 saturated carbocycles. The highest BCUT2D eigenvalue weighted by Crippen LogP contribution is 2.36. The molecule has 0 aliphatic carbocycles. The Morgan fingerprint density at radius 1 is 1.19 bits per heavy atom. The van der Waals surface area contributed by atoms with Crippen molar-refractivity contribution in [2.45, 2.75) is 25.6 Å². The van der Waals surface area contributed by atoms with E-state index in [-0.39, 0.29) is 29.4 Å². The number of hydrogen-bond donors (Lipinski definition) is 3. The standard InChI is InChI=1S/C21H22Cl2N8O3S.C2HF3O2/c1-12(27-20(32)16-18(24)28-30-6-2-4-25-19(16)30)13-10-14(22)17-15(23)11-26-31(17)21(13)29-5-3-8-35(33,34)9-7-29;3-2(4,5)1(6)7/h2,4,6,10-12H,3,5,7-9H2,1H3,(H2,24,28)(H,27,32);(H,6,7). The van der Waals surface area contributed by atoms with Crippen LogP contribution in [-0.4, -0.2) is 80.4 Å². The average molecular weight is 651 g/mol. The quantitative estimate of drug-likeness (QED) is 0.297. The molecule has 226 valence electrons. The maximum absolute atomic E-state index is 13.3. The molecule has 1 unspecified atom stereocenters. The van der Waals surface area contributed by atoms with Crippen molar-refractivity contribution in [3.05, 3.63) is 51.9 Å². The summed E-state index contributed by atoms with van der Waals surface area (Å²) in [5.74, 6) is -2.42. The average Bonchev–Trinajstić information content (AvgIpc) is 3.39. The first-order valence-corrected chi connectivity index (χ1v) is 14.7. The van der Waals surface area contributed by atoms with E-state index in [0.29, 0.717) is 45.6 Å². The normalized spacial score (nSPS) is 16.0. The van der Waals surface area contributed by atoms with Crippen molar-refractivity contribution in [2.24, 2.45) is 0 Å². The molecule has 1 saturated heterocycles. The van der Waals surface area contributed by atoms with E-state index < -0.39 is 33.9 Å². The van der Waals surface area contributed by atoms with Crippen LogP contribution in [0.25, 0.3) is 11.2 Å². The highest BCUT2D eigenvalue weighted by atomic mass is 35.5. The van der Waals surface area contributed by atoms with Crippen LogP contribution in [0.15, 0.2) is 30.7 Å². The van der Waals surface area contributed by atoms with Crippen molar-refractivity contribution in [2.75, 3.05) is 35.2 Å². The molecule has 19 heteroatoms. The van der Waals surface area contributed by atoms with Crippen LogP contribution in [-0.2, 0) is 14.6 Å². The van der Waals surface area contributed by atoms with Gasteiger partial charge in [0.05, 0.1) is 33.8 Å². The first-order chi connectivity index (χ1) is 19.6. The number of rotatable bonds is 4. The van der Waals surface area contributed by atoms with E-state index in [4.69, 9.17) is 38.8 Å². The van der Waals surface area contributed by atoms with Crippen LogP contribution in [0.3, 0.4) is 0 Å². The zero-order valence-corrected chi connectivity index (χ0v) is 24.0. The number of pyridine rings is 1. The van der Waals surface area contributed by atoms with E-state index in [1.165, 1.54) is 10.7 Å². The van der Waals surface area contributed by atoms with Gasteiger partial charge >= 0.3 is 12.1 Å². The van der Waals surface area contributed by atoms with Gasteiger partial charge in [0.15, 0.2) is 21.3 Å². The Hall–Kier alpha value is -3.83. The summed E-state index contributed by atoms with van der Waals surface area (Å²) < 4.78 is 59.2. The lowest BCUT2D eigenvalue weighted by atomic mass is 10.1. The summed E-state index contributed by atoms with van der Waals surface area (Å²) in [6.45, 7) is 2.56. The SMILES string of the molecule is CC(NC(=O)c1c(N)nn2cccnc12)c1cc(Cl)c2c(Cl)cnn2c1N1CCCS(=O)(=O)CC1.O=C(O)C(F)(F)F. The molecule has 4 N–H and O–H groups in total. The Balaban J connectivity index is 0.000000517. The fourth-order valence-corrected chi connectivity index (χ4v) is 6.19. The number of carboxylic acid groups (broad SMARTS) is 1. The van der Waals surface area contributed by atoms with Gasteiger partial charge in [-0.05, 0) is 25.5 Å². The Bertz CT molecular complexity index is 1780. The largest absolute Gasteiger partial charge is 0.490 e. The van der Waals surface area contributed by atoms with Gasteiger partial charge in [-0.1, -0.05) is 23.2 Å². The number of anilines is 2. The number of carbonyl (C=O) groups excluding carboxylic acids is 1. The van der Waals surface area contributed by atoms with Gasteiger partial charge in [0.25, 0.3) is 5.91 Å². The number of nitrogens with zero attached hydrogens (tertiary/aromatic N) is 6. The number of aliphatic carboxylic acids is 1. The number of fused-ring (bicyclic) bond motifs is 2. The Kier molecular flexibility index (Phi) is 8.75. The maximum Gasteiger partial charge on any atom is 0.490 e. The summed E-state index contributed by atoms with van der Waals surface area (Å²) in [6.07, 6.45) is 0.0718. The number of amides is 1. The van der Waals surface area contributed by atoms with E-state index >= 15 is 0 Å². The first kappa shape index (κ1) is 31.1. The van der Waals surface area contributed by atoms with Crippen LogP contribution < -0.4 is 16.0 Å². The minimum absolute atomic E-state index is 0.0108. The van der Waals surface area contributed by atoms with E-state index in [1.54, 1.807) is 36.0 Å². The molecule has 5 rings (SSSR count). The number of carbonyl (C=O) groups is 2. The van der Waals surface area contributed by atoms with Crippen LogP contribution in [0, 0.1) is 0 Å². The molecule has 13 nitrogen and oxygen atoms in total. The summed E-state index contributed by atoms with van der Waals surface area (Å²) in [6, 6.07) is 2.85. The van der Waals surface area contributed by atoms with Crippen molar-refractivity contribution in [3.8, 4) is 0 Å². The molecular weight excluding hydrogens is 628 g/mol. The second-order valence-corrected chi connectivity index (χ2v) is 12.3. The molecule has 0 bridgehead atoms. The number of nitrogens with one attached hydrogen (secondary N) is 1.